The van der Waals surface area contributed by atoms with Gasteiger partial charge in [0.05, 0.1) is 7.11 Å². The average molecular weight is 115 g/mol. The van der Waals surface area contributed by atoms with Crippen molar-refractivity contribution >= 4 is 0 Å². The minimum Gasteiger partial charge on any atom is -0.499 e. The van der Waals surface area contributed by atoms with Crippen molar-refractivity contribution in [3.8, 4) is 0 Å². The molecule has 0 amide bonds. The molecular formula is C6H11O2. The molecule has 0 aromatic heterocycles. The van der Waals surface area contributed by atoms with Crippen LogP contribution in [0, 0.1) is 6.92 Å². The van der Waals surface area contributed by atoms with Gasteiger partial charge >= 0.3 is 0 Å². The summed E-state index contributed by atoms with van der Waals surface area (Å²) in [6.45, 7) is 7.11. The molecule has 8 heavy (non-hydrogen) atoms. The molecule has 1 radical (unpaired) electrons. The molecule has 0 fully saturated rings. The molecule has 1 atom stereocenters. The van der Waals surface area contributed by atoms with Gasteiger partial charge in [-0.25, -0.2) is 0 Å². The predicted octanol–water partition coefficient (Wildman–Crippen LogP) is 0.996. The largest absolute Gasteiger partial charge is 0.499 e. The van der Waals surface area contributed by atoms with Crippen LogP contribution in [0.4, 0.5) is 0 Å². The quantitative estimate of drug-likeness (QED) is 0.511. The first kappa shape index (κ1) is 7.50. The van der Waals surface area contributed by atoms with Crippen LogP contribution >= 0.6 is 0 Å². The molecule has 0 bridgehead atoms. The SMILES string of the molecule is [CH2]C(OC)C(=C)OC. The molecule has 0 heterocycles. The van der Waals surface area contributed by atoms with E-state index in [9.17, 15) is 0 Å². The van der Waals surface area contributed by atoms with Crippen molar-refractivity contribution < 1.29 is 9.47 Å². The Morgan fingerprint density at radius 2 is 2.00 bits per heavy atom. The molecule has 0 aromatic rings. The molecule has 0 N–H and O–H groups in total. The number of ether oxygens (including phenoxy) is 2. The fourth-order valence-electron chi connectivity index (χ4n) is 0.263. The van der Waals surface area contributed by atoms with Gasteiger partial charge in [0.15, 0.2) is 0 Å². The molecule has 2 nitrogen and oxygen atoms in total. The molecule has 0 aliphatic carbocycles. The summed E-state index contributed by atoms with van der Waals surface area (Å²) in [7, 11) is 3.10. The summed E-state index contributed by atoms with van der Waals surface area (Å²) in [6.07, 6.45) is -0.250. The molecule has 0 rings (SSSR count). The van der Waals surface area contributed by atoms with Crippen molar-refractivity contribution in [3.63, 3.8) is 0 Å². The lowest BCUT2D eigenvalue weighted by Crippen LogP contribution is -2.08. The zero-order chi connectivity index (χ0) is 6.57. The van der Waals surface area contributed by atoms with Crippen LogP contribution in [0.15, 0.2) is 12.3 Å². The maximum atomic E-state index is 4.77. The highest BCUT2D eigenvalue weighted by Crippen LogP contribution is 2.00. The normalized spacial score (nSPS) is 12.9. The highest BCUT2D eigenvalue weighted by Gasteiger charge is 2.01. The first-order chi connectivity index (χ1) is 3.72. The first-order valence-electron chi connectivity index (χ1n) is 2.31. The predicted molar refractivity (Wildman–Crippen MR) is 32.3 cm³/mol. The van der Waals surface area contributed by atoms with Crippen molar-refractivity contribution in [1.82, 2.24) is 0 Å². The smallest absolute Gasteiger partial charge is 0.117 e. The standard InChI is InChI=1S/C6H11O2/c1-5(7-3)6(2)8-4/h5H,1-2H2,3-4H3. The first-order valence-corrected chi connectivity index (χ1v) is 2.31. The minimum atomic E-state index is -0.250. The van der Waals surface area contributed by atoms with Crippen molar-refractivity contribution in [2.24, 2.45) is 0 Å². The van der Waals surface area contributed by atoms with E-state index in [0.29, 0.717) is 5.76 Å². The van der Waals surface area contributed by atoms with Gasteiger partial charge in [0, 0.05) is 7.11 Å². The van der Waals surface area contributed by atoms with Gasteiger partial charge in [-0.1, -0.05) is 6.58 Å². The Kier molecular flexibility index (Phi) is 3.28. The molecular weight excluding hydrogens is 104 g/mol. The van der Waals surface area contributed by atoms with Gasteiger partial charge in [-0.2, -0.15) is 0 Å². The lowest BCUT2D eigenvalue weighted by Gasteiger charge is -2.09. The summed E-state index contributed by atoms with van der Waals surface area (Å²) >= 11 is 0. The van der Waals surface area contributed by atoms with Gasteiger partial charge in [0.25, 0.3) is 0 Å². The lowest BCUT2D eigenvalue weighted by molar-refractivity contribution is 0.109. The van der Waals surface area contributed by atoms with Gasteiger partial charge < -0.3 is 9.47 Å². The number of hydrogen-bond acceptors (Lipinski definition) is 2. The van der Waals surface area contributed by atoms with Crippen molar-refractivity contribution in [2.45, 2.75) is 6.10 Å². The molecule has 0 saturated carbocycles. The van der Waals surface area contributed by atoms with Crippen molar-refractivity contribution in [3.05, 3.63) is 19.3 Å². The molecule has 0 aliphatic heterocycles. The van der Waals surface area contributed by atoms with E-state index in [-0.39, 0.29) is 6.10 Å². The fourth-order valence-corrected chi connectivity index (χ4v) is 0.263. The summed E-state index contributed by atoms with van der Waals surface area (Å²) in [5.74, 6) is 0.549. The Balaban J connectivity index is 3.46. The molecule has 1 unspecified atom stereocenters. The van der Waals surface area contributed by atoms with Crippen LogP contribution < -0.4 is 0 Å². The summed E-state index contributed by atoms with van der Waals surface area (Å²) in [6, 6.07) is 0. The van der Waals surface area contributed by atoms with E-state index in [2.05, 4.69) is 13.5 Å². The van der Waals surface area contributed by atoms with E-state index in [1.807, 2.05) is 0 Å². The van der Waals surface area contributed by atoms with E-state index in [1.54, 1.807) is 14.2 Å². The Hall–Kier alpha value is -0.500. The summed E-state index contributed by atoms with van der Waals surface area (Å²) in [5, 5.41) is 0. The van der Waals surface area contributed by atoms with Gasteiger partial charge in [-0.3, -0.25) is 0 Å². The Morgan fingerprint density at radius 3 is 2.12 bits per heavy atom. The van der Waals surface area contributed by atoms with Crippen LogP contribution in [0.2, 0.25) is 0 Å². The Morgan fingerprint density at radius 1 is 1.50 bits per heavy atom. The van der Waals surface area contributed by atoms with Crippen LogP contribution in [0.1, 0.15) is 0 Å². The second-order valence-electron chi connectivity index (χ2n) is 1.39. The second-order valence-corrected chi connectivity index (χ2v) is 1.39. The summed E-state index contributed by atoms with van der Waals surface area (Å²) in [4.78, 5) is 0. The van der Waals surface area contributed by atoms with E-state index in [1.165, 1.54) is 0 Å². The minimum absolute atomic E-state index is 0.250. The molecule has 0 spiro atoms. The second kappa shape index (κ2) is 3.50. The monoisotopic (exact) mass is 115 g/mol. The van der Waals surface area contributed by atoms with E-state index in [0.717, 1.165) is 0 Å². The maximum absolute atomic E-state index is 4.77. The van der Waals surface area contributed by atoms with Crippen LogP contribution in [0.5, 0.6) is 0 Å². The zero-order valence-corrected chi connectivity index (χ0v) is 5.31. The van der Waals surface area contributed by atoms with E-state index in [4.69, 9.17) is 9.47 Å². The molecule has 0 aliphatic rings. The Bertz CT molecular complexity index is 78.6. The third-order valence-electron chi connectivity index (χ3n) is 0.906. The number of methoxy groups -OCH3 is 2. The third-order valence-corrected chi connectivity index (χ3v) is 0.906. The zero-order valence-electron chi connectivity index (χ0n) is 5.31. The molecule has 47 valence electrons. The van der Waals surface area contributed by atoms with E-state index >= 15 is 0 Å². The van der Waals surface area contributed by atoms with Crippen LogP contribution in [0.25, 0.3) is 0 Å². The van der Waals surface area contributed by atoms with Gasteiger partial charge in [-0.15, -0.1) is 0 Å². The number of hydrogen-bond donors (Lipinski definition) is 0. The van der Waals surface area contributed by atoms with Gasteiger partial charge in [-0.05, 0) is 6.92 Å². The van der Waals surface area contributed by atoms with Crippen LogP contribution in [-0.2, 0) is 9.47 Å². The van der Waals surface area contributed by atoms with Gasteiger partial charge in [0.1, 0.15) is 11.9 Å². The van der Waals surface area contributed by atoms with Gasteiger partial charge in [0.2, 0.25) is 0 Å². The number of rotatable bonds is 3. The summed E-state index contributed by atoms with van der Waals surface area (Å²) in [5.41, 5.74) is 0. The Labute approximate surface area is 50.1 Å². The van der Waals surface area contributed by atoms with Crippen molar-refractivity contribution in [1.29, 1.82) is 0 Å². The maximum Gasteiger partial charge on any atom is 0.117 e. The van der Waals surface area contributed by atoms with Crippen molar-refractivity contribution in [2.75, 3.05) is 14.2 Å². The fraction of sp³-hybridized carbons (Fsp3) is 0.500. The topological polar surface area (TPSA) is 18.5 Å². The highest BCUT2D eigenvalue weighted by atomic mass is 16.5. The van der Waals surface area contributed by atoms with E-state index < -0.39 is 0 Å². The van der Waals surface area contributed by atoms with Crippen LogP contribution in [0.3, 0.4) is 0 Å². The molecule has 2 heteroatoms. The molecule has 0 aromatic carbocycles. The van der Waals surface area contributed by atoms with Crippen LogP contribution in [-0.4, -0.2) is 20.3 Å². The average Bonchev–Trinajstić information content (AvgIpc) is 1.84. The highest BCUT2D eigenvalue weighted by molar-refractivity contribution is 4.93. The third kappa shape index (κ3) is 1.98. The lowest BCUT2D eigenvalue weighted by atomic mass is 10.4. The molecule has 0 saturated heterocycles. The summed E-state index contributed by atoms with van der Waals surface area (Å²) < 4.78 is 9.49.